The van der Waals surface area contributed by atoms with E-state index >= 15 is 0 Å². The lowest BCUT2D eigenvalue weighted by atomic mass is 10.1. The van der Waals surface area contributed by atoms with Crippen LogP contribution in [0.2, 0.25) is 0 Å². The number of carbonyl (C=O) groups is 1. The van der Waals surface area contributed by atoms with Crippen LogP contribution in [0.1, 0.15) is 15.9 Å². The van der Waals surface area contributed by atoms with E-state index in [1.807, 2.05) is 12.1 Å². The van der Waals surface area contributed by atoms with E-state index in [4.69, 9.17) is 15.2 Å². The number of hydrogen-bond acceptors (Lipinski definition) is 13. The van der Waals surface area contributed by atoms with Crippen molar-refractivity contribution in [3.8, 4) is 0 Å². The third-order valence-electron chi connectivity index (χ3n) is 6.85. The molecule has 1 amide bonds. The van der Waals surface area contributed by atoms with Gasteiger partial charge in [-0.05, 0) is 29.8 Å². The molecule has 0 spiro atoms. The predicted molar refractivity (Wildman–Crippen MR) is 173 cm³/mol. The van der Waals surface area contributed by atoms with Crippen LogP contribution in [-0.4, -0.2) is 98.0 Å². The Hall–Kier alpha value is -4.86. The van der Waals surface area contributed by atoms with Gasteiger partial charge in [-0.2, -0.15) is 15.0 Å². The minimum atomic E-state index is -0.399. The molecule has 4 rings (SSSR count). The van der Waals surface area contributed by atoms with Crippen LogP contribution in [0.5, 0.6) is 0 Å². The molecule has 3 aromatic rings. The van der Waals surface area contributed by atoms with Crippen molar-refractivity contribution < 1.29 is 19.2 Å². The van der Waals surface area contributed by atoms with Crippen LogP contribution < -0.4 is 31.5 Å². The van der Waals surface area contributed by atoms with Gasteiger partial charge in [0.15, 0.2) is 0 Å². The van der Waals surface area contributed by atoms with E-state index in [1.54, 1.807) is 30.3 Å². The Morgan fingerprint density at radius 3 is 2.20 bits per heavy atom. The topological polar surface area (TPSA) is 186 Å². The minimum absolute atomic E-state index is 0.0713. The summed E-state index contributed by atoms with van der Waals surface area (Å²) in [6.45, 7) is 10.1. The fourth-order valence-corrected chi connectivity index (χ4v) is 4.48. The van der Waals surface area contributed by atoms with Crippen molar-refractivity contribution in [1.82, 2.24) is 20.3 Å². The van der Waals surface area contributed by atoms with Crippen LogP contribution in [-0.2, 0) is 16.0 Å². The van der Waals surface area contributed by atoms with Crippen molar-refractivity contribution in [2.45, 2.75) is 6.54 Å². The van der Waals surface area contributed by atoms with Crippen LogP contribution >= 0.6 is 0 Å². The van der Waals surface area contributed by atoms with E-state index in [1.165, 1.54) is 12.1 Å². The van der Waals surface area contributed by atoms with Gasteiger partial charge in [-0.15, -0.1) is 6.58 Å². The first-order chi connectivity index (χ1) is 22.0. The molecule has 15 heteroatoms. The van der Waals surface area contributed by atoms with Gasteiger partial charge in [0.05, 0.1) is 31.4 Å². The molecule has 1 aliphatic rings. The summed E-state index contributed by atoms with van der Waals surface area (Å²) in [5.41, 5.74) is 7.87. The highest BCUT2D eigenvalue weighted by Gasteiger charge is 2.21. The average molecular weight is 621 g/mol. The summed E-state index contributed by atoms with van der Waals surface area (Å²) in [6.07, 6.45) is 1.73. The van der Waals surface area contributed by atoms with Gasteiger partial charge >= 0.3 is 0 Å². The number of piperazine rings is 1. The van der Waals surface area contributed by atoms with Crippen LogP contribution in [0, 0.1) is 10.1 Å². The molecule has 1 aromatic heterocycles. The van der Waals surface area contributed by atoms with Crippen molar-refractivity contribution in [1.29, 1.82) is 0 Å². The highest BCUT2D eigenvalue weighted by Crippen LogP contribution is 2.22. The summed E-state index contributed by atoms with van der Waals surface area (Å²) < 4.78 is 10.7. The summed E-state index contributed by atoms with van der Waals surface area (Å²) in [4.78, 5) is 41.1. The Balaban J connectivity index is 1.29. The number of hydrogen-bond donors (Lipinski definition) is 4. The zero-order chi connectivity index (χ0) is 31.9. The van der Waals surface area contributed by atoms with E-state index in [9.17, 15) is 14.9 Å². The van der Waals surface area contributed by atoms with Gasteiger partial charge in [0.25, 0.3) is 11.6 Å². The number of aromatic nitrogens is 3. The number of nitro benzene ring substituents is 1. The van der Waals surface area contributed by atoms with Crippen molar-refractivity contribution in [3.05, 3.63) is 82.4 Å². The molecule has 1 aliphatic heterocycles. The summed E-state index contributed by atoms with van der Waals surface area (Å²) >= 11 is 0. The number of nitrogens with one attached hydrogen (secondary N) is 3. The summed E-state index contributed by atoms with van der Waals surface area (Å²) in [5, 5.41) is 20.2. The highest BCUT2D eigenvalue weighted by molar-refractivity contribution is 5.94. The van der Waals surface area contributed by atoms with Crippen molar-refractivity contribution >= 4 is 35.1 Å². The highest BCUT2D eigenvalue weighted by atomic mass is 16.6. The number of rotatable bonds is 18. The Morgan fingerprint density at radius 2 is 1.56 bits per heavy atom. The summed E-state index contributed by atoms with van der Waals surface area (Å²) in [7, 11) is 0. The first-order valence-corrected chi connectivity index (χ1v) is 14.8. The number of nitrogens with two attached hydrogens (primary N) is 1. The molecule has 0 atom stereocenters. The van der Waals surface area contributed by atoms with Crippen LogP contribution in [0.25, 0.3) is 0 Å². The lowest BCUT2D eigenvalue weighted by molar-refractivity contribution is -0.384. The van der Waals surface area contributed by atoms with Gasteiger partial charge in [0.2, 0.25) is 17.8 Å². The number of ether oxygens (including phenoxy) is 2. The number of nitro groups is 1. The number of anilines is 4. The first-order valence-electron chi connectivity index (χ1n) is 14.8. The SMILES string of the molecule is C=CCNc1nc(NCc2ccc(C(=O)NCCOCCOCCN)cc2)nc(N2CCN(c3ccc([N+](=O)[O-])cc3)CC2)n1. The first kappa shape index (κ1) is 33.0. The number of nitrogens with zero attached hydrogens (tertiary/aromatic N) is 6. The molecule has 0 radical (unpaired) electrons. The molecule has 1 saturated heterocycles. The summed E-state index contributed by atoms with van der Waals surface area (Å²) in [5.74, 6) is 1.21. The fourth-order valence-electron chi connectivity index (χ4n) is 4.48. The van der Waals surface area contributed by atoms with E-state index < -0.39 is 4.92 Å². The third kappa shape index (κ3) is 10.4. The smallest absolute Gasteiger partial charge is 0.269 e. The molecule has 0 saturated carbocycles. The second-order valence-corrected chi connectivity index (χ2v) is 10.0. The third-order valence-corrected chi connectivity index (χ3v) is 6.85. The zero-order valence-electron chi connectivity index (χ0n) is 25.2. The van der Waals surface area contributed by atoms with E-state index in [0.29, 0.717) is 102 Å². The van der Waals surface area contributed by atoms with Crippen LogP contribution in [0.3, 0.4) is 0 Å². The van der Waals surface area contributed by atoms with Gasteiger partial charge in [0.1, 0.15) is 0 Å². The molecule has 5 N–H and O–H groups in total. The maximum Gasteiger partial charge on any atom is 0.269 e. The fraction of sp³-hybridized carbons (Fsp3) is 0.400. The van der Waals surface area contributed by atoms with Gasteiger partial charge in [0, 0.05) is 75.7 Å². The van der Waals surface area contributed by atoms with Gasteiger partial charge < -0.3 is 41.0 Å². The van der Waals surface area contributed by atoms with E-state index in [-0.39, 0.29) is 11.6 Å². The molecule has 240 valence electrons. The molecular formula is C30H40N10O5. The maximum atomic E-state index is 12.5. The number of amides is 1. The maximum absolute atomic E-state index is 12.5. The predicted octanol–water partition coefficient (Wildman–Crippen LogP) is 2.04. The minimum Gasteiger partial charge on any atom is -0.378 e. The standard InChI is InChI=1S/C30H40N10O5/c1-2-12-33-28-35-29(34-22-23-3-5-24(6-4-23)27(41)32-13-19-45-21-20-44-18-11-31)37-30(36-28)39-16-14-38(15-17-39)25-7-9-26(10-8-25)40(42)43/h2-10H,1,11-22,31H2,(H,32,41)(H2,33,34,35,36,37). The van der Waals surface area contributed by atoms with Gasteiger partial charge in [-0.25, -0.2) is 0 Å². The van der Waals surface area contributed by atoms with Crippen molar-refractivity contribution in [2.24, 2.45) is 5.73 Å². The molecule has 2 aromatic carbocycles. The lowest BCUT2D eigenvalue weighted by Crippen LogP contribution is -2.47. The molecule has 15 nitrogen and oxygen atoms in total. The number of non-ortho nitro benzene ring substituents is 1. The lowest BCUT2D eigenvalue weighted by Gasteiger charge is -2.36. The molecule has 45 heavy (non-hydrogen) atoms. The second-order valence-electron chi connectivity index (χ2n) is 10.0. The zero-order valence-corrected chi connectivity index (χ0v) is 25.2. The van der Waals surface area contributed by atoms with Crippen molar-refractivity contribution in [2.75, 3.05) is 92.7 Å². The molecule has 0 aliphatic carbocycles. The Bertz CT molecular complexity index is 1380. The second kappa shape index (κ2) is 17.4. The number of benzene rings is 2. The van der Waals surface area contributed by atoms with Crippen LogP contribution in [0.15, 0.2) is 61.2 Å². The summed E-state index contributed by atoms with van der Waals surface area (Å²) in [6, 6.07) is 13.9. The molecule has 2 heterocycles. The number of carbonyl (C=O) groups excluding carboxylic acids is 1. The Labute approximate surface area is 262 Å². The average Bonchev–Trinajstić information content (AvgIpc) is 3.07. The van der Waals surface area contributed by atoms with Gasteiger partial charge in [-0.1, -0.05) is 18.2 Å². The monoisotopic (exact) mass is 620 g/mol. The Kier molecular flexibility index (Phi) is 12.8. The normalized spacial score (nSPS) is 12.9. The largest absolute Gasteiger partial charge is 0.378 e. The molecular weight excluding hydrogens is 580 g/mol. The van der Waals surface area contributed by atoms with E-state index in [0.717, 1.165) is 11.3 Å². The Morgan fingerprint density at radius 1 is 0.911 bits per heavy atom. The van der Waals surface area contributed by atoms with Crippen LogP contribution in [0.4, 0.5) is 29.2 Å². The van der Waals surface area contributed by atoms with Crippen molar-refractivity contribution in [3.63, 3.8) is 0 Å². The van der Waals surface area contributed by atoms with E-state index in [2.05, 4.69) is 47.3 Å². The molecule has 0 unspecified atom stereocenters. The quantitative estimate of drug-likeness (QED) is 0.0701. The molecule has 1 fully saturated rings. The molecule has 0 bridgehead atoms. The van der Waals surface area contributed by atoms with Gasteiger partial charge in [-0.3, -0.25) is 14.9 Å².